The Balaban J connectivity index is 1.67. The van der Waals surface area contributed by atoms with Crippen LogP contribution < -0.4 is 14.8 Å². The summed E-state index contributed by atoms with van der Waals surface area (Å²) in [5.74, 6) is 1.28. The number of benzene rings is 2. The van der Waals surface area contributed by atoms with Crippen molar-refractivity contribution in [1.29, 1.82) is 0 Å². The van der Waals surface area contributed by atoms with Gasteiger partial charge in [-0.1, -0.05) is 17.7 Å². The van der Waals surface area contributed by atoms with Crippen molar-refractivity contribution in [3.8, 4) is 22.8 Å². The summed E-state index contributed by atoms with van der Waals surface area (Å²) in [5, 5.41) is 10.3. The number of amides is 1. The minimum absolute atomic E-state index is 0.142. The van der Waals surface area contributed by atoms with E-state index < -0.39 is 0 Å². The molecule has 7 nitrogen and oxygen atoms in total. The number of hydrogen-bond donors (Lipinski definition) is 1. The van der Waals surface area contributed by atoms with E-state index >= 15 is 0 Å². The maximum atomic E-state index is 12.1. The number of nitrogens with one attached hydrogen (secondary N) is 1. The van der Waals surface area contributed by atoms with Crippen LogP contribution >= 0.6 is 0 Å². The van der Waals surface area contributed by atoms with Crippen LogP contribution in [0.4, 0.5) is 5.82 Å². The lowest BCUT2D eigenvalue weighted by molar-refractivity contribution is -0.118. The van der Waals surface area contributed by atoms with Gasteiger partial charge in [-0.3, -0.25) is 4.79 Å². The molecule has 1 amide bonds. The van der Waals surface area contributed by atoms with E-state index in [-0.39, 0.29) is 18.3 Å². The van der Waals surface area contributed by atoms with Crippen LogP contribution in [0.5, 0.6) is 11.5 Å². The molecule has 0 aliphatic heterocycles. The smallest absolute Gasteiger partial charge is 0.263 e. The molecule has 134 valence electrons. The third-order valence-corrected chi connectivity index (χ3v) is 3.81. The molecule has 26 heavy (non-hydrogen) atoms. The summed E-state index contributed by atoms with van der Waals surface area (Å²) < 4.78 is 15.5. The molecule has 2 aromatic carbocycles. The zero-order valence-electron chi connectivity index (χ0n) is 14.8. The number of aromatic nitrogens is 2. The number of carbonyl (C=O) groups excluding carboxylic acids is 1. The lowest BCUT2D eigenvalue weighted by Crippen LogP contribution is -2.20. The van der Waals surface area contributed by atoms with Crippen LogP contribution in [-0.2, 0) is 4.79 Å². The number of nitrogens with zero attached hydrogens (tertiary/aromatic N) is 2. The summed E-state index contributed by atoms with van der Waals surface area (Å²) >= 11 is 0. The van der Waals surface area contributed by atoms with Gasteiger partial charge in [0.25, 0.3) is 5.91 Å². The molecule has 0 bridgehead atoms. The van der Waals surface area contributed by atoms with Crippen LogP contribution in [0.25, 0.3) is 11.3 Å². The Morgan fingerprint density at radius 2 is 1.88 bits per heavy atom. The first kappa shape index (κ1) is 17.5. The van der Waals surface area contributed by atoms with Gasteiger partial charge in [0.1, 0.15) is 11.5 Å². The first-order valence-electron chi connectivity index (χ1n) is 8.03. The Kier molecular flexibility index (Phi) is 5.17. The summed E-state index contributed by atoms with van der Waals surface area (Å²) in [6.45, 7) is 3.76. The highest BCUT2D eigenvalue weighted by molar-refractivity contribution is 5.94. The van der Waals surface area contributed by atoms with Gasteiger partial charge in [-0.2, -0.15) is 0 Å². The highest BCUT2D eigenvalue weighted by Gasteiger charge is 2.16. The standard InChI is InChI=1S/C19H19N3O4/c1-12-4-7-15(8-5-12)25-11-17(23)20-19-18(21-26-22-19)14-6-9-16(24-3)13(2)10-14/h4-10H,11H2,1-3H3,(H,20,22,23). The van der Waals surface area contributed by atoms with Crippen LogP contribution in [0, 0.1) is 13.8 Å². The van der Waals surface area contributed by atoms with E-state index in [1.165, 1.54) is 0 Å². The average molecular weight is 353 g/mol. The quantitative estimate of drug-likeness (QED) is 0.731. The van der Waals surface area contributed by atoms with Gasteiger partial charge in [-0.15, -0.1) is 0 Å². The largest absolute Gasteiger partial charge is 0.496 e. The van der Waals surface area contributed by atoms with Gasteiger partial charge in [-0.05, 0) is 60.1 Å². The first-order valence-corrected chi connectivity index (χ1v) is 8.03. The van der Waals surface area contributed by atoms with E-state index in [2.05, 4.69) is 15.6 Å². The van der Waals surface area contributed by atoms with Gasteiger partial charge in [0, 0.05) is 5.56 Å². The van der Waals surface area contributed by atoms with Gasteiger partial charge < -0.3 is 14.8 Å². The van der Waals surface area contributed by atoms with Crippen LogP contribution in [0.15, 0.2) is 47.1 Å². The molecule has 0 atom stereocenters. The zero-order valence-corrected chi connectivity index (χ0v) is 14.8. The van der Waals surface area contributed by atoms with Crippen molar-refractivity contribution in [2.75, 3.05) is 19.0 Å². The SMILES string of the molecule is COc1ccc(-c2nonc2NC(=O)COc2ccc(C)cc2)cc1C. The number of ether oxygens (including phenoxy) is 2. The molecule has 0 aliphatic carbocycles. The number of anilines is 1. The maximum Gasteiger partial charge on any atom is 0.263 e. The molecular weight excluding hydrogens is 334 g/mol. The minimum Gasteiger partial charge on any atom is -0.496 e. The van der Waals surface area contributed by atoms with E-state index in [1.807, 2.05) is 56.3 Å². The summed E-state index contributed by atoms with van der Waals surface area (Å²) in [6, 6.07) is 13.0. The lowest BCUT2D eigenvalue weighted by Gasteiger charge is -2.08. The Bertz CT molecular complexity index is 903. The molecule has 1 N–H and O–H groups in total. The second kappa shape index (κ2) is 7.69. The molecule has 1 aromatic heterocycles. The van der Waals surface area contributed by atoms with E-state index in [4.69, 9.17) is 14.1 Å². The molecule has 1 heterocycles. The molecule has 0 unspecified atom stereocenters. The summed E-state index contributed by atoms with van der Waals surface area (Å²) in [4.78, 5) is 12.1. The third-order valence-electron chi connectivity index (χ3n) is 3.81. The molecule has 0 spiro atoms. The normalized spacial score (nSPS) is 10.4. The van der Waals surface area contributed by atoms with Crippen molar-refractivity contribution >= 4 is 11.7 Å². The van der Waals surface area contributed by atoms with Gasteiger partial charge in [0.15, 0.2) is 12.3 Å². The molecule has 0 saturated heterocycles. The van der Waals surface area contributed by atoms with E-state index in [9.17, 15) is 4.79 Å². The van der Waals surface area contributed by atoms with Gasteiger partial charge >= 0.3 is 0 Å². The lowest BCUT2D eigenvalue weighted by atomic mass is 10.1. The highest BCUT2D eigenvalue weighted by Crippen LogP contribution is 2.28. The molecule has 0 fully saturated rings. The molecule has 0 aliphatic rings. The van der Waals surface area contributed by atoms with E-state index in [1.54, 1.807) is 7.11 Å². The van der Waals surface area contributed by atoms with Crippen molar-refractivity contribution in [3.63, 3.8) is 0 Å². The highest BCUT2D eigenvalue weighted by atomic mass is 16.6. The topological polar surface area (TPSA) is 86.5 Å². The Hall–Kier alpha value is -3.35. The summed E-state index contributed by atoms with van der Waals surface area (Å²) in [5.41, 5.74) is 3.27. The molecule has 3 aromatic rings. The van der Waals surface area contributed by atoms with Crippen molar-refractivity contribution in [2.24, 2.45) is 0 Å². The molecular formula is C19H19N3O4. The van der Waals surface area contributed by atoms with Crippen LogP contribution in [-0.4, -0.2) is 29.9 Å². The Morgan fingerprint density at radius 1 is 1.12 bits per heavy atom. The van der Waals surface area contributed by atoms with E-state index in [0.717, 1.165) is 22.4 Å². The fourth-order valence-electron chi connectivity index (χ4n) is 2.44. The minimum atomic E-state index is -0.354. The predicted molar refractivity (Wildman–Crippen MR) is 96.3 cm³/mol. The van der Waals surface area contributed by atoms with Crippen molar-refractivity contribution in [2.45, 2.75) is 13.8 Å². The summed E-state index contributed by atoms with van der Waals surface area (Å²) in [6.07, 6.45) is 0. The number of rotatable bonds is 6. The van der Waals surface area contributed by atoms with Gasteiger partial charge in [-0.25, -0.2) is 4.63 Å². The monoisotopic (exact) mass is 353 g/mol. The van der Waals surface area contributed by atoms with Gasteiger partial charge in [0.05, 0.1) is 7.11 Å². The number of aryl methyl sites for hydroxylation is 2. The molecule has 3 rings (SSSR count). The molecule has 0 saturated carbocycles. The average Bonchev–Trinajstić information content (AvgIpc) is 3.09. The van der Waals surface area contributed by atoms with Crippen molar-refractivity contribution < 1.29 is 18.9 Å². The Morgan fingerprint density at radius 3 is 2.58 bits per heavy atom. The zero-order chi connectivity index (χ0) is 18.5. The van der Waals surface area contributed by atoms with Crippen LogP contribution in [0.3, 0.4) is 0 Å². The Labute approximate surface area is 150 Å². The van der Waals surface area contributed by atoms with Gasteiger partial charge in [0.2, 0.25) is 5.82 Å². The number of hydrogen-bond acceptors (Lipinski definition) is 6. The van der Waals surface area contributed by atoms with E-state index in [0.29, 0.717) is 11.4 Å². The van der Waals surface area contributed by atoms with Crippen LogP contribution in [0.2, 0.25) is 0 Å². The molecule has 7 heteroatoms. The fraction of sp³-hybridized carbons (Fsp3) is 0.211. The van der Waals surface area contributed by atoms with Crippen molar-refractivity contribution in [1.82, 2.24) is 10.3 Å². The predicted octanol–water partition coefficient (Wildman–Crippen LogP) is 3.38. The first-order chi connectivity index (χ1) is 12.6. The maximum absolute atomic E-state index is 12.1. The van der Waals surface area contributed by atoms with Crippen molar-refractivity contribution in [3.05, 3.63) is 53.6 Å². The molecule has 0 radical (unpaired) electrons. The third kappa shape index (κ3) is 4.00. The number of carbonyl (C=O) groups is 1. The van der Waals surface area contributed by atoms with Crippen LogP contribution in [0.1, 0.15) is 11.1 Å². The summed E-state index contributed by atoms with van der Waals surface area (Å²) in [7, 11) is 1.61. The fourth-order valence-corrected chi connectivity index (χ4v) is 2.44. The second-order valence-electron chi connectivity index (χ2n) is 5.80. The number of methoxy groups -OCH3 is 1. The second-order valence-corrected chi connectivity index (χ2v) is 5.80.